The minimum Gasteiger partial charge on any atom is -0.293 e. The van der Waals surface area contributed by atoms with Gasteiger partial charge in [0.05, 0.1) is 5.75 Å². The van der Waals surface area contributed by atoms with Crippen molar-refractivity contribution >= 4 is 17.5 Å². The van der Waals surface area contributed by atoms with Crippen LogP contribution in [0.4, 0.5) is 0 Å². The summed E-state index contributed by atoms with van der Waals surface area (Å²) in [7, 11) is 0. The molecule has 0 aromatic heterocycles. The lowest BCUT2D eigenvalue weighted by Gasteiger charge is -2.03. The van der Waals surface area contributed by atoms with E-state index in [1.807, 2.05) is 18.2 Å². The molecule has 0 fully saturated rings. The molecular formula is C14H20OS. The van der Waals surface area contributed by atoms with Crippen molar-refractivity contribution in [3.05, 3.63) is 35.4 Å². The summed E-state index contributed by atoms with van der Waals surface area (Å²) in [4.78, 5) is 11.9. The molecule has 0 bridgehead atoms. The Morgan fingerprint density at radius 3 is 2.75 bits per heavy atom. The summed E-state index contributed by atoms with van der Waals surface area (Å²) in [5, 5.41) is 0. The topological polar surface area (TPSA) is 17.1 Å². The fourth-order valence-corrected chi connectivity index (χ4v) is 2.37. The summed E-state index contributed by atoms with van der Waals surface area (Å²) in [6.45, 7) is 4.30. The van der Waals surface area contributed by atoms with E-state index in [1.54, 1.807) is 11.8 Å². The largest absolute Gasteiger partial charge is 0.293 e. The molecule has 0 unspecified atom stereocenters. The van der Waals surface area contributed by atoms with E-state index in [2.05, 4.69) is 19.9 Å². The Morgan fingerprint density at radius 2 is 2.06 bits per heavy atom. The first kappa shape index (κ1) is 13.3. The van der Waals surface area contributed by atoms with Crippen molar-refractivity contribution in [1.29, 1.82) is 0 Å². The SMILES string of the molecule is CCCSCC(=O)c1cccc(CCC)c1. The van der Waals surface area contributed by atoms with Gasteiger partial charge in [0.2, 0.25) is 0 Å². The number of ketones is 1. The summed E-state index contributed by atoms with van der Waals surface area (Å²) in [6.07, 6.45) is 3.32. The van der Waals surface area contributed by atoms with Crippen molar-refractivity contribution in [3.63, 3.8) is 0 Å². The Bertz CT molecular complexity index is 333. The van der Waals surface area contributed by atoms with Gasteiger partial charge in [-0.25, -0.2) is 0 Å². The number of carbonyl (C=O) groups is 1. The smallest absolute Gasteiger partial charge is 0.172 e. The van der Waals surface area contributed by atoms with E-state index in [9.17, 15) is 4.79 Å². The number of carbonyl (C=O) groups excluding carboxylic acids is 1. The van der Waals surface area contributed by atoms with Crippen LogP contribution in [0.5, 0.6) is 0 Å². The predicted molar refractivity (Wildman–Crippen MR) is 72.4 cm³/mol. The number of aryl methyl sites for hydroxylation is 1. The van der Waals surface area contributed by atoms with Gasteiger partial charge in [-0.05, 0) is 30.2 Å². The highest BCUT2D eigenvalue weighted by Crippen LogP contribution is 2.11. The molecule has 0 aliphatic heterocycles. The second-order valence-corrected chi connectivity index (χ2v) is 5.03. The van der Waals surface area contributed by atoms with Crippen molar-refractivity contribution in [2.24, 2.45) is 0 Å². The molecule has 1 nitrogen and oxygen atoms in total. The van der Waals surface area contributed by atoms with Crippen molar-refractivity contribution in [3.8, 4) is 0 Å². The van der Waals surface area contributed by atoms with E-state index in [4.69, 9.17) is 0 Å². The van der Waals surface area contributed by atoms with Crippen LogP contribution < -0.4 is 0 Å². The molecular weight excluding hydrogens is 216 g/mol. The van der Waals surface area contributed by atoms with Crippen LogP contribution in [0.2, 0.25) is 0 Å². The first-order valence-electron chi connectivity index (χ1n) is 5.97. The molecule has 0 saturated heterocycles. The molecule has 0 aliphatic rings. The third kappa shape index (κ3) is 4.40. The van der Waals surface area contributed by atoms with Gasteiger partial charge in [-0.2, -0.15) is 11.8 Å². The molecule has 1 aromatic rings. The Kier molecular flexibility index (Phi) is 6.24. The maximum Gasteiger partial charge on any atom is 0.172 e. The summed E-state index contributed by atoms with van der Waals surface area (Å²) in [5.74, 6) is 1.94. The molecule has 1 aromatic carbocycles. The van der Waals surface area contributed by atoms with Crippen LogP contribution in [0, 0.1) is 0 Å². The Balaban J connectivity index is 2.57. The average Bonchev–Trinajstić information content (AvgIpc) is 2.30. The first-order valence-corrected chi connectivity index (χ1v) is 7.13. The van der Waals surface area contributed by atoms with Gasteiger partial charge in [0.25, 0.3) is 0 Å². The van der Waals surface area contributed by atoms with E-state index >= 15 is 0 Å². The molecule has 0 amide bonds. The van der Waals surface area contributed by atoms with Gasteiger partial charge >= 0.3 is 0 Å². The average molecular weight is 236 g/mol. The Hall–Kier alpha value is -0.760. The van der Waals surface area contributed by atoms with E-state index in [0.717, 1.165) is 30.6 Å². The highest BCUT2D eigenvalue weighted by Gasteiger charge is 2.05. The number of benzene rings is 1. The molecule has 88 valence electrons. The van der Waals surface area contributed by atoms with Gasteiger partial charge in [-0.3, -0.25) is 4.79 Å². The first-order chi connectivity index (χ1) is 7.77. The molecule has 0 N–H and O–H groups in total. The second-order valence-electron chi connectivity index (χ2n) is 3.93. The van der Waals surface area contributed by atoms with E-state index in [-0.39, 0.29) is 5.78 Å². The third-order valence-corrected chi connectivity index (χ3v) is 3.53. The molecule has 0 saturated carbocycles. The third-order valence-electron chi connectivity index (χ3n) is 2.37. The zero-order valence-electron chi connectivity index (χ0n) is 10.2. The second kappa shape index (κ2) is 7.50. The number of hydrogen-bond donors (Lipinski definition) is 0. The lowest BCUT2D eigenvalue weighted by atomic mass is 10.1. The molecule has 0 spiro atoms. The fourth-order valence-electron chi connectivity index (χ4n) is 1.58. The van der Waals surface area contributed by atoms with Crippen LogP contribution in [0.15, 0.2) is 24.3 Å². The van der Waals surface area contributed by atoms with E-state index in [1.165, 1.54) is 5.56 Å². The summed E-state index contributed by atoms with van der Waals surface area (Å²) in [5.41, 5.74) is 2.14. The molecule has 0 radical (unpaired) electrons. The standard InChI is InChI=1S/C14H20OS/c1-3-6-12-7-5-8-13(10-12)14(15)11-16-9-4-2/h5,7-8,10H,3-4,6,9,11H2,1-2H3. The summed E-state index contributed by atoms with van der Waals surface area (Å²) in [6, 6.07) is 8.05. The van der Waals surface area contributed by atoms with Crippen molar-refractivity contribution < 1.29 is 4.79 Å². The van der Waals surface area contributed by atoms with Crippen LogP contribution in [-0.2, 0) is 6.42 Å². The molecule has 2 heteroatoms. The predicted octanol–water partition coefficient (Wildman–Crippen LogP) is 3.97. The zero-order chi connectivity index (χ0) is 11.8. The monoisotopic (exact) mass is 236 g/mol. The number of Topliss-reactive ketones (excluding diaryl/α,β-unsaturated/α-hetero) is 1. The molecule has 0 atom stereocenters. The van der Waals surface area contributed by atoms with Crippen LogP contribution in [0.1, 0.15) is 42.6 Å². The Labute approximate surface area is 103 Å². The lowest BCUT2D eigenvalue weighted by molar-refractivity contribution is 0.102. The van der Waals surface area contributed by atoms with Crippen LogP contribution in [0.3, 0.4) is 0 Å². The summed E-state index contributed by atoms with van der Waals surface area (Å²) >= 11 is 1.73. The zero-order valence-corrected chi connectivity index (χ0v) is 11.0. The van der Waals surface area contributed by atoms with Crippen LogP contribution in [-0.4, -0.2) is 17.3 Å². The van der Waals surface area contributed by atoms with Crippen molar-refractivity contribution in [1.82, 2.24) is 0 Å². The number of hydrogen-bond acceptors (Lipinski definition) is 2. The lowest BCUT2D eigenvalue weighted by Crippen LogP contribution is -2.03. The van der Waals surface area contributed by atoms with E-state index in [0.29, 0.717) is 5.75 Å². The van der Waals surface area contributed by atoms with Gasteiger partial charge in [0, 0.05) is 5.56 Å². The van der Waals surface area contributed by atoms with Crippen LogP contribution >= 0.6 is 11.8 Å². The maximum absolute atomic E-state index is 11.9. The molecule has 1 rings (SSSR count). The van der Waals surface area contributed by atoms with Gasteiger partial charge in [0.1, 0.15) is 0 Å². The molecule has 16 heavy (non-hydrogen) atoms. The van der Waals surface area contributed by atoms with E-state index < -0.39 is 0 Å². The fraction of sp³-hybridized carbons (Fsp3) is 0.500. The minimum absolute atomic E-state index is 0.261. The van der Waals surface area contributed by atoms with Gasteiger partial charge in [-0.1, -0.05) is 38.5 Å². The van der Waals surface area contributed by atoms with Gasteiger partial charge in [0.15, 0.2) is 5.78 Å². The van der Waals surface area contributed by atoms with Crippen molar-refractivity contribution in [2.45, 2.75) is 33.1 Å². The maximum atomic E-state index is 11.9. The number of rotatable bonds is 7. The normalized spacial score (nSPS) is 10.4. The van der Waals surface area contributed by atoms with Gasteiger partial charge in [-0.15, -0.1) is 0 Å². The Morgan fingerprint density at radius 1 is 1.25 bits per heavy atom. The quantitative estimate of drug-likeness (QED) is 0.526. The molecule has 0 heterocycles. The highest BCUT2D eigenvalue weighted by molar-refractivity contribution is 7.99. The minimum atomic E-state index is 0.261. The summed E-state index contributed by atoms with van der Waals surface area (Å²) < 4.78 is 0. The van der Waals surface area contributed by atoms with Gasteiger partial charge < -0.3 is 0 Å². The molecule has 0 aliphatic carbocycles. The number of thioether (sulfide) groups is 1. The highest BCUT2D eigenvalue weighted by atomic mass is 32.2. The van der Waals surface area contributed by atoms with Crippen molar-refractivity contribution in [2.75, 3.05) is 11.5 Å². The van der Waals surface area contributed by atoms with Crippen LogP contribution in [0.25, 0.3) is 0 Å².